The van der Waals surface area contributed by atoms with Crippen molar-refractivity contribution in [3.05, 3.63) is 87.4 Å². The SMILES string of the molecule is N#Cc1cccc(Cn2ccnc2Cc2cccc(Cl)c2Cl)c1. The van der Waals surface area contributed by atoms with Gasteiger partial charge < -0.3 is 4.57 Å². The number of nitrogens with zero attached hydrogens (tertiary/aromatic N) is 3. The van der Waals surface area contributed by atoms with Crippen LogP contribution >= 0.6 is 23.2 Å². The fraction of sp³-hybridized carbons (Fsp3) is 0.111. The second-order valence-corrected chi connectivity index (χ2v) is 5.96. The lowest BCUT2D eigenvalue weighted by molar-refractivity contribution is 0.740. The van der Waals surface area contributed by atoms with Crippen LogP contribution in [0.25, 0.3) is 0 Å². The summed E-state index contributed by atoms with van der Waals surface area (Å²) in [5.41, 5.74) is 2.65. The topological polar surface area (TPSA) is 41.6 Å². The molecule has 0 saturated heterocycles. The van der Waals surface area contributed by atoms with Gasteiger partial charge in [-0.05, 0) is 29.3 Å². The first-order valence-electron chi connectivity index (χ1n) is 7.09. The predicted molar refractivity (Wildman–Crippen MR) is 91.8 cm³/mol. The summed E-state index contributed by atoms with van der Waals surface area (Å²) in [6.45, 7) is 0.656. The largest absolute Gasteiger partial charge is 0.330 e. The first-order valence-corrected chi connectivity index (χ1v) is 7.85. The summed E-state index contributed by atoms with van der Waals surface area (Å²) in [6.07, 6.45) is 4.29. The molecule has 0 amide bonds. The van der Waals surface area contributed by atoms with Gasteiger partial charge in [0.15, 0.2) is 0 Å². The Balaban J connectivity index is 1.85. The Bertz CT molecular complexity index is 878. The summed E-state index contributed by atoms with van der Waals surface area (Å²) in [5, 5.41) is 10.1. The molecule has 1 heterocycles. The average Bonchev–Trinajstić information content (AvgIpc) is 2.99. The summed E-state index contributed by atoms with van der Waals surface area (Å²) < 4.78 is 2.05. The molecule has 2 aromatic carbocycles. The molecule has 1 aromatic heterocycles. The van der Waals surface area contributed by atoms with E-state index in [-0.39, 0.29) is 0 Å². The lowest BCUT2D eigenvalue weighted by Crippen LogP contribution is -2.05. The van der Waals surface area contributed by atoms with Crippen LogP contribution in [0.15, 0.2) is 54.9 Å². The molecule has 0 radical (unpaired) electrons. The highest BCUT2D eigenvalue weighted by Crippen LogP contribution is 2.27. The number of aromatic nitrogens is 2. The predicted octanol–water partition coefficient (Wildman–Crippen LogP) is 4.70. The van der Waals surface area contributed by atoms with E-state index in [1.54, 1.807) is 18.3 Å². The number of benzene rings is 2. The Morgan fingerprint density at radius 1 is 1.13 bits per heavy atom. The molecule has 0 bridgehead atoms. The normalized spacial score (nSPS) is 10.5. The van der Waals surface area contributed by atoms with Gasteiger partial charge in [0.05, 0.1) is 21.7 Å². The van der Waals surface area contributed by atoms with E-state index in [1.807, 2.05) is 41.1 Å². The highest BCUT2D eigenvalue weighted by atomic mass is 35.5. The molecule has 0 spiro atoms. The van der Waals surface area contributed by atoms with Crippen LogP contribution in [0.3, 0.4) is 0 Å². The van der Waals surface area contributed by atoms with Crippen LogP contribution in [0.1, 0.15) is 22.5 Å². The Kier molecular flexibility index (Phi) is 4.66. The van der Waals surface area contributed by atoms with Gasteiger partial charge in [0.1, 0.15) is 5.82 Å². The smallest absolute Gasteiger partial charge is 0.113 e. The Hall–Kier alpha value is -2.28. The van der Waals surface area contributed by atoms with Crippen LogP contribution in [-0.2, 0) is 13.0 Å². The first kappa shape index (κ1) is 15.6. The van der Waals surface area contributed by atoms with E-state index in [0.29, 0.717) is 28.6 Å². The molecule has 5 heteroatoms. The molecule has 3 aromatic rings. The van der Waals surface area contributed by atoms with Crippen LogP contribution in [-0.4, -0.2) is 9.55 Å². The number of imidazole rings is 1. The summed E-state index contributed by atoms with van der Waals surface area (Å²) in [4.78, 5) is 4.42. The van der Waals surface area contributed by atoms with E-state index in [4.69, 9.17) is 28.5 Å². The monoisotopic (exact) mass is 341 g/mol. The van der Waals surface area contributed by atoms with Gasteiger partial charge in [-0.3, -0.25) is 0 Å². The Labute approximate surface area is 144 Å². The maximum atomic E-state index is 9.00. The second kappa shape index (κ2) is 6.87. The molecule has 0 N–H and O–H groups in total. The summed E-state index contributed by atoms with van der Waals surface area (Å²) in [6, 6.07) is 15.3. The molecule has 0 unspecified atom stereocenters. The minimum atomic E-state index is 0.545. The van der Waals surface area contributed by atoms with E-state index < -0.39 is 0 Å². The molecular formula is C18H13Cl2N3. The molecule has 0 saturated carbocycles. The summed E-state index contributed by atoms with van der Waals surface area (Å²) >= 11 is 12.3. The van der Waals surface area contributed by atoms with Gasteiger partial charge in [0.2, 0.25) is 0 Å². The van der Waals surface area contributed by atoms with Crippen LogP contribution < -0.4 is 0 Å². The van der Waals surface area contributed by atoms with Crippen LogP contribution in [0.4, 0.5) is 0 Å². The maximum Gasteiger partial charge on any atom is 0.113 e. The molecule has 114 valence electrons. The molecule has 0 aliphatic heterocycles. The third kappa shape index (κ3) is 3.56. The number of hydrogen-bond acceptors (Lipinski definition) is 2. The third-order valence-corrected chi connectivity index (χ3v) is 4.45. The Morgan fingerprint density at radius 2 is 1.96 bits per heavy atom. The lowest BCUT2D eigenvalue weighted by atomic mass is 10.1. The minimum Gasteiger partial charge on any atom is -0.330 e. The van der Waals surface area contributed by atoms with Gasteiger partial charge in [0.25, 0.3) is 0 Å². The van der Waals surface area contributed by atoms with E-state index in [9.17, 15) is 0 Å². The summed E-state index contributed by atoms with van der Waals surface area (Å²) in [7, 11) is 0. The lowest BCUT2D eigenvalue weighted by Gasteiger charge is -2.10. The van der Waals surface area contributed by atoms with Crippen molar-refractivity contribution in [1.82, 2.24) is 9.55 Å². The molecule has 0 aliphatic carbocycles. The fourth-order valence-corrected chi connectivity index (χ4v) is 2.83. The van der Waals surface area contributed by atoms with Crippen molar-refractivity contribution in [3.8, 4) is 6.07 Å². The average molecular weight is 342 g/mol. The van der Waals surface area contributed by atoms with Gasteiger partial charge in [-0.25, -0.2) is 4.98 Å². The Morgan fingerprint density at radius 3 is 2.78 bits per heavy atom. The van der Waals surface area contributed by atoms with Gasteiger partial charge in [-0.2, -0.15) is 5.26 Å². The standard InChI is InChI=1S/C18H13Cl2N3/c19-16-6-2-5-15(18(16)20)10-17-22-7-8-23(17)12-14-4-1-3-13(9-14)11-21/h1-9H,10,12H2. The van der Waals surface area contributed by atoms with Crippen molar-refractivity contribution in [2.45, 2.75) is 13.0 Å². The quantitative estimate of drug-likeness (QED) is 0.690. The van der Waals surface area contributed by atoms with Crippen molar-refractivity contribution < 1.29 is 0 Å². The van der Waals surface area contributed by atoms with Crippen molar-refractivity contribution in [2.75, 3.05) is 0 Å². The molecule has 0 atom stereocenters. The van der Waals surface area contributed by atoms with E-state index in [0.717, 1.165) is 17.0 Å². The van der Waals surface area contributed by atoms with Gasteiger partial charge in [-0.15, -0.1) is 0 Å². The zero-order valence-electron chi connectivity index (χ0n) is 12.2. The zero-order valence-corrected chi connectivity index (χ0v) is 13.7. The molecule has 0 fully saturated rings. The zero-order chi connectivity index (χ0) is 16.2. The van der Waals surface area contributed by atoms with Crippen molar-refractivity contribution in [1.29, 1.82) is 5.26 Å². The maximum absolute atomic E-state index is 9.00. The van der Waals surface area contributed by atoms with E-state index in [2.05, 4.69) is 11.1 Å². The minimum absolute atomic E-state index is 0.545. The molecular weight excluding hydrogens is 329 g/mol. The van der Waals surface area contributed by atoms with Crippen molar-refractivity contribution >= 4 is 23.2 Å². The summed E-state index contributed by atoms with van der Waals surface area (Å²) in [5.74, 6) is 0.900. The number of rotatable bonds is 4. The number of hydrogen-bond donors (Lipinski definition) is 0. The van der Waals surface area contributed by atoms with Gasteiger partial charge >= 0.3 is 0 Å². The highest BCUT2D eigenvalue weighted by molar-refractivity contribution is 6.42. The van der Waals surface area contributed by atoms with Gasteiger partial charge in [-0.1, -0.05) is 47.5 Å². The van der Waals surface area contributed by atoms with E-state index >= 15 is 0 Å². The third-order valence-electron chi connectivity index (χ3n) is 3.59. The molecule has 3 nitrogen and oxygen atoms in total. The second-order valence-electron chi connectivity index (χ2n) is 5.17. The molecule has 23 heavy (non-hydrogen) atoms. The highest BCUT2D eigenvalue weighted by Gasteiger charge is 2.10. The van der Waals surface area contributed by atoms with E-state index in [1.165, 1.54) is 0 Å². The van der Waals surface area contributed by atoms with Crippen LogP contribution in [0.5, 0.6) is 0 Å². The number of halogens is 2. The van der Waals surface area contributed by atoms with Crippen molar-refractivity contribution in [2.24, 2.45) is 0 Å². The fourth-order valence-electron chi connectivity index (χ4n) is 2.44. The van der Waals surface area contributed by atoms with Gasteiger partial charge in [0, 0.05) is 25.4 Å². The molecule has 3 rings (SSSR count). The number of nitriles is 1. The van der Waals surface area contributed by atoms with Crippen molar-refractivity contribution in [3.63, 3.8) is 0 Å². The van der Waals surface area contributed by atoms with Crippen LogP contribution in [0.2, 0.25) is 10.0 Å². The first-order chi connectivity index (χ1) is 11.2. The van der Waals surface area contributed by atoms with Crippen LogP contribution in [0, 0.1) is 11.3 Å². The molecule has 0 aliphatic rings.